The maximum Gasteiger partial charge on any atom is 0.232 e. The molecule has 0 heterocycles. The van der Waals surface area contributed by atoms with Gasteiger partial charge in [-0.2, -0.15) is 0 Å². The van der Waals surface area contributed by atoms with E-state index in [4.69, 9.17) is 18.0 Å². The highest BCUT2D eigenvalue weighted by molar-refractivity contribution is 7.80. The SMILES string of the molecule is CC(C)CC(CN(C)C)NC(=O)C(C)(C)C(N)=S. The van der Waals surface area contributed by atoms with E-state index in [9.17, 15) is 4.79 Å². The van der Waals surface area contributed by atoms with Gasteiger partial charge < -0.3 is 16.0 Å². The second-order valence-electron chi connectivity index (χ2n) is 6.05. The minimum Gasteiger partial charge on any atom is -0.392 e. The average molecular weight is 273 g/mol. The lowest BCUT2D eigenvalue weighted by molar-refractivity contribution is -0.127. The van der Waals surface area contributed by atoms with Crippen molar-refractivity contribution in [1.29, 1.82) is 0 Å². The van der Waals surface area contributed by atoms with Crippen LogP contribution in [0.25, 0.3) is 0 Å². The summed E-state index contributed by atoms with van der Waals surface area (Å²) in [4.78, 5) is 14.5. The van der Waals surface area contributed by atoms with Crippen LogP contribution in [0.3, 0.4) is 0 Å². The number of likely N-dealkylation sites (N-methyl/N-ethyl adjacent to an activating group) is 1. The lowest BCUT2D eigenvalue weighted by Crippen LogP contribution is -2.51. The van der Waals surface area contributed by atoms with E-state index in [2.05, 4.69) is 24.1 Å². The van der Waals surface area contributed by atoms with Crippen LogP contribution in [0.5, 0.6) is 0 Å². The Balaban J connectivity index is 4.66. The first-order chi connectivity index (χ1) is 8.07. The zero-order chi connectivity index (χ0) is 14.5. The third-order valence-corrected chi connectivity index (χ3v) is 3.37. The first-order valence-electron chi connectivity index (χ1n) is 6.33. The van der Waals surface area contributed by atoms with Gasteiger partial charge in [-0.15, -0.1) is 0 Å². The summed E-state index contributed by atoms with van der Waals surface area (Å²) in [6.07, 6.45) is 0.942. The van der Waals surface area contributed by atoms with Crippen LogP contribution in [0.15, 0.2) is 0 Å². The van der Waals surface area contributed by atoms with Gasteiger partial charge in [0.25, 0.3) is 0 Å². The summed E-state index contributed by atoms with van der Waals surface area (Å²) in [6, 6.07) is 0.126. The van der Waals surface area contributed by atoms with Gasteiger partial charge in [0.2, 0.25) is 5.91 Å². The number of nitrogens with one attached hydrogen (secondary N) is 1. The Morgan fingerprint density at radius 2 is 1.89 bits per heavy atom. The molecule has 0 radical (unpaired) electrons. The molecule has 0 aliphatic carbocycles. The summed E-state index contributed by atoms with van der Waals surface area (Å²) in [6.45, 7) is 8.62. The van der Waals surface area contributed by atoms with Gasteiger partial charge in [0.05, 0.1) is 10.4 Å². The molecule has 1 unspecified atom stereocenters. The molecule has 0 aliphatic heterocycles. The van der Waals surface area contributed by atoms with Crippen molar-refractivity contribution in [2.45, 2.75) is 40.2 Å². The Labute approximate surface area is 116 Å². The summed E-state index contributed by atoms with van der Waals surface area (Å²) in [5.41, 5.74) is 4.81. The molecule has 18 heavy (non-hydrogen) atoms. The van der Waals surface area contributed by atoms with Gasteiger partial charge in [-0.25, -0.2) is 0 Å². The molecule has 1 atom stereocenters. The highest BCUT2D eigenvalue weighted by atomic mass is 32.1. The number of nitrogens with two attached hydrogens (primary N) is 1. The van der Waals surface area contributed by atoms with Crippen LogP contribution in [0, 0.1) is 11.3 Å². The number of hydrogen-bond acceptors (Lipinski definition) is 3. The molecule has 0 aromatic rings. The second kappa shape index (κ2) is 7.04. The molecule has 0 bridgehead atoms. The third kappa shape index (κ3) is 5.78. The maximum absolute atomic E-state index is 12.2. The number of nitrogens with zero attached hydrogens (tertiary/aromatic N) is 1. The molecular weight excluding hydrogens is 246 g/mol. The Morgan fingerprint density at radius 1 is 1.39 bits per heavy atom. The molecular formula is C13H27N3OS. The lowest BCUT2D eigenvalue weighted by Gasteiger charge is -2.29. The molecule has 5 heteroatoms. The summed E-state index contributed by atoms with van der Waals surface area (Å²) >= 11 is 4.94. The van der Waals surface area contributed by atoms with Crippen LogP contribution in [-0.2, 0) is 4.79 Å². The molecule has 0 spiro atoms. The highest BCUT2D eigenvalue weighted by Crippen LogP contribution is 2.17. The van der Waals surface area contributed by atoms with E-state index in [1.807, 2.05) is 14.1 Å². The van der Waals surface area contributed by atoms with E-state index >= 15 is 0 Å². The minimum absolute atomic E-state index is 0.0949. The van der Waals surface area contributed by atoms with Crippen molar-refractivity contribution in [1.82, 2.24) is 10.2 Å². The minimum atomic E-state index is -0.795. The molecule has 0 aliphatic rings. The first-order valence-corrected chi connectivity index (χ1v) is 6.73. The van der Waals surface area contributed by atoms with Crippen molar-refractivity contribution in [3.8, 4) is 0 Å². The average Bonchev–Trinajstić information content (AvgIpc) is 2.14. The van der Waals surface area contributed by atoms with Gasteiger partial charge in [0.15, 0.2) is 0 Å². The summed E-state index contributed by atoms with van der Waals surface area (Å²) in [5.74, 6) is 0.436. The van der Waals surface area contributed by atoms with Crippen LogP contribution in [0.2, 0.25) is 0 Å². The smallest absolute Gasteiger partial charge is 0.232 e. The fraction of sp³-hybridized carbons (Fsp3) is 0.846. The number of rotatable bonds is 7. The highest BCUT2D eigenvalue weighted by Gasteiger charge is 2.32. The molecule has 1 amide bonds. The predicted molar refractivity (Wildman–Crippen MR) is 80.5 cm³/mol. The molecule has 0 aromatic carbocycles. The third-order valence-electron chi connectivity index (χ3n) is 2.86. The molecule has 0 rings (SSSR count). The zero-order valence-corrected chi connectivity index (χ0v) is 13.2. The topological polar surface area (TPSA) is 58.4 Å². The summed E-state index contributed by atoms with van der Waals surface area (Å²) in [5, 5.41) is 3.05. The van der Waals surface area contributed by atoms with Gasteiger partial charge in [-0.3, -0.25) is 4.79 Å². The number of thiocarbonyl (C=S) groups is 1. The zero-order valence-electron chi connectivity index (χ0n) is 12.4. The number of hydrogen-bond donors (Lipinski definition) is 2. The summed E-state index contributed by atoms with van der Waals surface area (Å²) < 4.78 is 0. The van der Waals surface area contributed by atoms with E-state index in [0.717, 1.165) is 13.0 Å². The van der Waals surface area contributed by atoms with Crippen LogP contribution < -0.4 is 11.1 Å². The standard InChI is InChI=1S/C13H27N3OS/c1-9(2)7-10(8-16(5)6)15-12(17)13(3,4)11(14)18/h9-10H,7-8H2,1-6H3,(H2,14,18)(H,15,17). The normalized spacial score (nSPS) is 13.8. The Bertz CT molecular complexity index is 291. The molecule has 0 saturated heterocycles. The second-order valence-corrected chi connectivity index (χ2v) is 6.49. The number of amides is 1. The van der Waals surface area contributed by atoms with E-state index in [1.165, 1.54) is 0 Å². The maximum atomic E-state index is 12.2. The Hall–Kier alpha value is -0.680. The van der Waals surface area contributed by atoms with E-state index in [0.29, 0.717) is 5.92 Å². The van der Waals surface area contributed by atoms with Crippen LogP contribution in [0.1, 0.15) is 34.1 Å². The van der Waals surface area contributed by atoms with Crippen LogP contribution >= 0.6 is 12.2 Å². The van der Waals surface area contributed by atoms with Crippen molar-refractivity contribution < 1.29 is 4.79 Å². The fourth-order valence-corrected chi connectivity index (χ4v) is 1.76. The summed E-state index contributed by atoms with van der Waals surface area (Å²) in [7, 11) is 4.00. The molecule has 4 nitrogen and oxygen atoms in total. The van der Waals surface area contributed by atoms with Gasteiger partial charge in [0, 0.05) is 12.6 Å². The van der Waals surface area contributed by atoms with E-state index in [1.54, 1.807) is 13.8 Å². The molecule has 0 fully saturated rings. The van der Waals surface area contributed by atoms with Crippen molar-refractivity contribution in [2.24, 2.45) is 17.1 Å². The lowest BCUT2D eigenvalue weighted by atomic mass is 9.91. The quantitative estimate of drug-likeness (QED) is 0.688. The van der Waals surface area contributed by atoms with Gasteiger partial charge >= 0.3 is 0 Å². The van der Waals surface area contributed by atoms with Crippen LogP contribution in [0.4, 0.5) is 0 Å². The molecule has 106 valence electrons. The van der Waals surface area contributed by atoms with Crippen molar-refractivity contribution in [2.75, 3.05) is 20.6 Å². The number of carbonyl (C=O) groups excluding carboxylic acids is 1. The predicted octanol–water partition coefficient (Wildman–Crippen LogP) is 1.39. The molecule has 0 aromatic heterocycles. The van der Waals surface area contributed by atoms with Crippen molar-refractivity contribution in [3.05, 3.63) is 0 Å². The van der Waals surface area contributed by atoms with E-state index < -0.39 is 5.41 Å². The van der Waals surface area contributed by atoms with Crippen molar-refractivity contribution >= 4 is 23.1 Å². The molecule has 0 saturated carbocycles. The van der Waals surface area contributed by atoms with Gasteiger partial charge in [-0.1, -0.05) is 26.1 Å². The van der Waals surface area contributed by atoms with Gasteiger partial charge in [0.1, 0.15) is 0 Å². The number of carbonyl (C=O) groups is 1. The Morgan fingerprint density at radius 3 is 2.22 bits per heavy atom. The fourth-order valence-electron chi connectivity index (χ4n) is 1.67. The van der Waals surface area contributed by atoms with Crippen LogP contribution in [-0.4, -0.2) is 42.5 Å². The first kappa shape index (κ1) is 17.3. The van der Waals surface area contributed by atoms with Gasteiger partial charge in [-0.05, 0) is 40.3 Å². The monoisotopic (exact) mass is 273 g/mol. The molecule has 3 N–H and O–H groups in total. The largest absolute Gasteiger partial charge is 0.392 e. The Kier molecular flexibility index (Phi) is 6.78. The van der Waals surface area contributed by atoms with E-state index in [-0.39, 0.29) is 16.9 Å². The van der Waals surface area contributed by atoms with Crippen molar-refractivity contribution in [3.63, 3.8) is 0 Å².